The van der Waals surface area contributed by atoms with Crippen LogP contribution >= 0.6 is 0 Å². The molecule has 1 rings (SSSR count). The highest BCUT2D eigenvalue weighted by Crippen LogP contribution is 2.22. The first-order chi connectivity index (χ1) is 14.4. The number of anilines is 1. The molecule has 0 aliphatic heterocycles. The second-order valence-corrected chi connectivity index (χ2v) is 9.37. The van der Waals surface area contributed by atoms with Crippen molar-refractivity contribution in [2.75, 3.05) is 11.9 Å². The van der Waals surface area contributed by atoms with Gasteiger partial charge in [-0.15, -0.1) is 0 Å². The molecule has 1 aromatic rings. The molecule has 0 aliphatic carbocycles. The van der Waals surface area contributed by atoms with E-state index in [4.69, 9.17) is 4.74 Å². The number of nitrogens with zero attached hydrogens (tertiary/aromatic N) is 1. The summed E-state index contributed by atoms with van der Waals surface area (Å²) in [6.45, 7) is 11.9. The Morgan fingerprint density at radius 1 is 0.967 bits per heavy atom. The number of carbonyl (C=O) groups is 1. The standard InChI is InChI=1S/C26H44N2O2/c1-21(2)9-6-10-22(3)11-7-12-23(4)13-8-14-24(5)17-20-30-26(29)28-25-15-18-27-19-16-25/h15-19,21-23H,6-14,20H2,1-5H3,(H,27,28,29)/b24-17+/t22-,23-/m1/s1. The predicted molar refractivity (Wildman–Crippen MR) is 128 cm³/mol. The molecule has 1 aromatic heterocycles. The number of carbonyl (C=O) groups excluding carboxylic acids is 1. The lowest BCUT2D eigenvalue weighted by molar-refractivity contribution is 0.174. The summed E-state index contributed by atoms with van der Waals surface area (Å²) in [6, 6.07) is 3.47. The average Bonchev–Trinajstić information content (AvgIpc) is 2.68. The molecule has 4 nitrogen and oxygen atoms in total. The Morgan fingerprint density at radius 3 is 2.13 bits per heavy atom. The molecule has 0 saturated carbocycles. The third-order valence-electron chi connectivity index (χ3n) is 5.71. The molecule has 1 heterocycles. The average molecular weight is 417 g/mol. The fourth-order valence-corrected chi connectivity index (χ4v) is 3.66. The second kappa shape index (κ2) is 15.9. The molecule has 4 heteroatoms. The minimum Gasteiger partial charge on any atom is -0.445 e. The molecular weight excluding hydrogens is 372 g/mol. The molecule has 0 spiro atoms. The van der Waals surface area contributed by atoms with Gasteiger partial charge in [-0.2, -0.15) is 0 Å². The number of ether oxygens (including phenoxy) is 1. The van der Waals surface area contributed by atoms with Crippen molar-refractivity contribution in [3.63, 3.8) is 0 Å². The van der Waals surface area contributed by atoms with E-state index in [9.17, 15) is 4.79 Å². The molecular formula is C26H44N2O2. The summed E-state index contributed by atoms with van der Waals surface area (Å²) in [7, 11) is 0. The second-order valence-electron chi connectivity index (χ2n) is 9.37. The van der Waals surface area contributed by atoms with Crippen molar-refractivity contribution in [3.05, 3.63) is 36.2 Å². The number of rotatable bonds is 15. The van der Waals surface area contributed by atoms with Crippen LogP contribution in [-0.2, 0) is 4.74 Å². The van der Waals surface area contributed by atoms with Crippen LogP contribution in [0.1, 0.15) is 92.4 Å². The summed E-state index contributed by atoms with van der Waals surface area (Å²) in [5.74, 6) is 2.51. The number of nitrogens with one attached hydrogen (secondary N) is 1. The molecule has 1 N–H and O–H groups in total. The van der Waals surface area contributed by atoms with Crippen molar-refractivity contribution < 1.29 is 9.53 Å². The summed E-state index contributed by atoms with van der Waals surface area (Å²) in [5, 5.41) is 2.69. The van der Waals surface area contributed by atoms with Gasteiger partial charge >= 0.3 is 6.09 Å². The summed E-state index contributed by atoms with van der Waals surface area (Å²) in [6.07, 6.45) is 16.6. The molecule has 1 amide bonds. The summed E-state index contributed by atoms with van der Waals surface area (Å²) in [4.78, 5) is 15.7. The fraction of sp³-hybridized carbons (Fsp3) is 0.692. The Hall–Kier alpha value is -1.84. The van der Waals surface area contributed by atoms with Crippen LogP contribution in [0, 0.1) is 17.8 Å². The van der Waals surface area contributed by atoms with Crippen LogP contribution < -0.4 is 5.32 Å². The molecule has 170 valence electrons. The first-order valence-electron chi connectivity index (χ1n) is 11.9. The highest BCUT2D eigenvalue weighted by atomic mass is 16.5. The van der Waals surface area contributed by atoms with Crippen LogP contribution in [0.15, 0.2) is 36.2 Å². The van der Waals surface area contributed by atoms with Gasteiger partial charge in [-0.3, -0.25) is 10.3 Å². The van der Waals surface area contributed by atoms with Gasteiger partial charge in [-0.1, -0.05) is 78.2 Å². The fourth-order valence-electron chi connectivity index (χ4n) is 3.66. The lowest BCUT2D eigenvalue weighted by Gasteiger charge is -2.15. The number of allylic oxidation sites excluding steroid dienone is 1. The minimum absolute atomic E-state index is 0.313. The van der Waals surface area contributed by atoms with E-state index in [2.05, 4.69) is 44.9 Å². The number of hydrogen-bond acceptors (Lipinski definition) is 3. The molecule has 0 aromatic carbocycles. The third kappa shape index (κ3) is 14.2. The van der Waals surface area contributed by atoms with E-state index in [1.165, 1.54) is 56.9 Å². The van der Waals surface area contributed by atoms with Gasteiger partial charge in [0.1, 0.15) is 6.61 Å². The Kier molecular flexibility index (Phi) is 13.9. The third-order valence-corrected chi connectivity index (χ3v) is 5.71. The van der Waals surface area contributed by atoms with Crippen molar-refractivity contribution >= 4 is 11.8 Å². The maximum atomic E-state index is 11.8. The Labute approximate surface area is 184 Å². The van der Waals surface area contributed by atoms with Crippen LogP contribution in [0.25, 0.3) is 0 Å². The molecule has 2 atom stereocenters. The molecule has 30 heavy (non-hydrogen) atoms. The van der Waals surface area contributed by atoms with Crippen LogP contribution in [0.2, 0.25) is 0 Å². The first-order valence-corrected chi connectivity index (χ1v) is 11.9. The predicted octanol–water partition coefficient (Wildman–Crippen LogP) is 8.02. The molecule has 0 aliphatic rings. The van der Waals surface area contributed by atoms with Crippen LogP contribution in [0.4, 0.5) is 10.5 Å². The van der Waals surface area contributed by atoms with Crippen molar-refractivity contribution in [1.82, 2.24) is 4.98 Å². The van der Waals surface area contributed by atoms with Crippen molar-refractivity contribution in [2.45, 2.75) is 92.4 Å². The van der Waals surface area contributed by atoms with Gasteiger partial charge in [-0.05, 0) is 55.7 Å². The van der Waals surface area contributed by atoms with Gasteiger partial charge in [0.25, 0.3) is 0 Å². The monoisotopic (exact) mass is 416 g/mol. The normalized spacial score (nSPS) is 13.9. The Morgan fingerprint density at radius 2 is 1.53 bits per heavy atom. The number of hydrogen-bond donors (Lipinski definition) is 1. The van der Waals surface area contributed by atoms with E-state index < -0.39 is 6.09 Å². The van der Waals surface area contributed by atoms with Gasteiger partial charge < -0.3 is 4.74 Å². The zero-order valence-electron chi connectivity index (χ0n) is 20.0. The van der Waals surface area contributed by atoms with Gasteiger partial charge in [0.15, 0.2) is 0 Å². The van der Waals surface area contributed by atoms with Crippen molar-refractivity contribution in [3.8, 4) is 0 Å². The maximum absolute atomic E-state index is 11.8. The zero-order chi connectivity index (χ0) is 22.2. The minimum atomic E-state index is -0.433. The molecule has 0 fully saturated rings. The molecule has 0 bridgehead atoms. The highest BCUT2D eigenvalue weighted by molar-refractivity contribution is 5.84. The van der Waals surface area contributed by atoms with Gasteiger partial charge in [0, 0.05) is 18.1 Å². The topological polar surface area (TPSA) is 51.2 Å². The quantitative estimate of drug-likeness (QED) is 0.294. The number of pyridine rings is 1. The number of aromatic nitrogens is 1. The molecule has 0 radical (unpaired) electrons. The molecule has 0 unspecified atom stereocenters. The number of amides is 1. The van der Waals surface area contributed by atoms with Crippen LogP contribution in [0.3, 0.4) is 0 Å². The summed E-state index contributed by atoms with van der Waals surface area (Å²) < 4.78 is 5.21. The largest absolute Gasteiger partial charge is 0.445 e. The van der Waals surface area contributed by atoms with E-state index in [0.717, 1.165) is 24.2 Å². The van der Waals surface area contributed by atoms with Crippen molar-refractivity contribution in [1.29, 1.82) is 0 Å². The highest BCUT2D eigenvalue weighted by Gasteiger charge is 2.07. The SMILES string of the molecule is C/C(=C\COC(=O)Nc1ccncc1)CCC[C@H](C)CCC[C@H](C)CCCC(C)C. The summed E-state index contributed by atoms with van der Waals surface area (Å²) in [5.41, 5.74) is 1.98. The van der Waals surface area contributed by atoms with E-state index in [1.54, 1.807) is 24.5 Å². The lowest BCUT2D eigenvalue weighted by atomic mass is 9.91. The van der Waals surface area contributed by atoms with E-state index in [-0.39, 0.29) is 0 Å². The van der Waals surface area contributed by atoms with Crippen LogP contribution in [0.5, 0.6) is 0 Å². The van der Waals surface area contributed by atoms with Gasteiger partial charge in [0.05, 0.1) is 0 Å². The zero-order valence-corrected chi connectivity index (χ0v) is 20.0. The molecule has 0 saturated heterocycles. The smallest absolute Gasteiger partial charge is 0.411 e. The Balaban J connectivity index is 2.06. The first kappa shape index (κ1) is 26.2. The maximum Gasteiger partial charge on any atom is 0.411 e. The Bertz CT molecular complexity index is 598. The lowest BCUT2D eigenvalue weighted by Crippen LogP contribution is -2.13. The summed E-state index contributed by atoms with van der Waals surface area (Å²) >= 11 is 0. The van der Waals surface area contributed by atoms with E-state index in [1.807, 2.05) is 6.08 Å². The van der Waals surface area contributed by atoms with Crippen LogP contribution in [-0.4, -0.2) is 17.7 Å². The van der Waals surface area contributed by atoms with Gasteiger partial charge in [-0.25, -0.2) is 4.79 Å². The van der Waals surface area contributed by atoms with E-state index in [0.29, 0.717) is 12.3 Å². The van der Waals surface area contributed by atoms with Crippen molar-refractivity contribution in [2.24, 2.45) is 17.8 Å². The van der Waals surface area contributed by atoms with Gasteiger partial charge in [0.2, 0.25) is 0 Å². The van der Waals surface area contributed by atoms with E-state index >= 15 is 0 Å².